The Morgan fingerprint density at radius 2 is 1.88 bits per heavy atom. The van der Waals surface area contributed by atoms with Crippen LogP contribution >= 0.6 is 0 Å². The zero-order valence-electron chi connectivity index (χ0n) is 10.9. The van der Waals surface area contributed by atoms with Crippen molar-refractivity contribution in [1.29, 1.82) is 0 Å². The van der Waals surface area contributed by atoms with Crippen molar-refractivity contribution in [3.8, 4) is 0 Å². The van der Waals surface area contributed by atoms with Crippen LogP contribution in [0.3, 0.4) is 0 Å². The number of rotatable bonds is 2. The molecule has 0 aromatic carbocycles. The Morgan fingerprint density at radius 3 is 2.56 bits per heavy atom. The first kappa shape index (κ1) is 12.4. The second kappa shape index (κ2) is 5.05. The molecule has 1 saturated heterocycles. The molecule has 0 spiro atoms. The van der Waals surface area contributed by atoms with Crippen LogP contribution in [0.5, 0.6) is 0 Å². The van der Waals surface area contributed by atoms with E-state index in [0.29, 0.717) is 11.3 Å². The summed E-state index contributed by atoms with van der Waals surface area (Å²) in [5, 5.41) is 10.1. The SMILES string of the molecule is CC1(C)CCC(O)C(CN2CCCCC2)C1. The summed E-state index contributed by atoms with van der Waals surface area (Å²) in [6, 6.07) is 0. The van der Waals surface area contributed by atoms with Crippen molar-refractivity contribution in [2.24, 2.45) is 11.3 Å². The third-order valence-electron chi connectivity index (χ3n) is 4.42. The molecule has 2 aliphatic rings. The molecule has 2 fully saturated rings. The number of hydrogen-bond acceptors (Lipinski definition) is 2. The Morgan fingerprint density at radius 1 is 1.19 bits per heavy atom. The maximum Gasteiger partial charge on any atom is 0.0581 e. The van der Waals surface area contributed by atoms with Gasteiger partial charge in [-0.05, 0) is 56.5 Å². The molecule has 2 heteroatoms. The van der Waals surface area contributed by atoms with Crippen molar-refractivity contribution in [2.45, 2.75) is 58.5 Å². The smallest absolute Gasteiger partial charge is 0.0581 e. The third-order valence-corrected chi connectivity index (χ3v) is 4.42. The van der Waals surface area contributed by atoms with Crippen molar-refractivity contribution in [3.63, 3.8) is 0 Å². The predicted molar refractivity (Wildman–Crippen MR) is 67.4 cm³/mol. The van der Waals surface area contributed by atoms with E-state index >= 15 is 0 Å². The standard InChI is InChI=1S/C14H27NO/c1-14(2)7-6-13(16)12(10-14)11-15-8-4-3-5-9-15/h12-13,16H,3-11H2,1-2H3. The van der Waals surface area contributed by atoms with Gasteiger partial charge in [-0.1, -0.05) is 20.3 Å². The molecule has 2 unspecified atom stereocenters. The molecule has 1 saturated carbocycles. The van der Waals surface area contributed by atoms with Crippen molar-refractivity contribution >= 4 is 0 Å². The first-order valence-corrected chi connectivity index (χ1v) is 6.97. The minimum Gasteiger partial charge on any atom is -0.393 e. The molecule has 0 radical (unpaired) electrons. The van der Waals surface area contributed by atoms with Gasteiger partial charge < -0.3 is 10.0 Å². The van der Waals surface area contributed by atoms with E-state index in [1.807, 2.05) is 0 Å². The maximum atomic E-state index is 10.1. The van der Waals surface area contributed by atoms with E-state index < -0.39 is 0 Å². The zero-order valence-corrected chi connectivity index (χ0v) is 10.9. The van der Waals surface area contributed by atoms with Crippen LogP contribution in [0, 0.1) is 11.3 Å². The Balaban J connectivity index is 1.86. The molecule has 2 nitrogen and oxygen atoms in total. The largest absolute Gasteiger partial charge is 0.393 e. The van der Waals surface area contributed by atoms with Crippen molar-refractivity contribution < 1.29 is 5.11 Å². The van der Waals surface area contributed by atoms with E-state index in [0.717, 1.165) is 13.0 Å². The molecule has 94 valence electrons. The van der Waals surface area contributed by atoms with Crippen molar-refractivity contribution in [3.05, 3.63) is 0 Å². The average molecular weight is 225 g/mol. The van der Waals surface area contributed by atoms with Gasteiger partial charge in [0.1, 0.15) is 0 Å². The van der Waals surface area contributed by atoms with E-state index in [4.69, 9.17) is 0 Å². The second-order valence-electron chi connectivity index (χ2n) is 6.60. The topological polar surface area (TPSA) is 23.5 Å². The van der Waals surface area contributed by atoms with Gasteiger partial charge in [-0.15, -0.1) is 0 Å². The van der Waals surface area contributed by atoms with Crippen LogP contribution in [0.15, 0.2) is 0 Å². The zero-order chi connectivity index (χ0) is 11.6. The molecular formula is C14H27NO. The van der Waals surface area contributed by atoms with Crippen molar-refractivity contribution in [1.82, 2.24) is 4.90 Å². The van der Waals surface area contributed by atoms with Gasteiger partial charge >= 0.3 is 0 Å². The van der Waals surface area contributed by atoms with E-state index in [1.165, 1.54) is 45.2 Å². The lowest BCUT2D eigenvalue weighted by molar-refractivity contribution is 0.00167. The Kier molecular flexibility index (Phi) is 3.91. The number of aliphatic hydroxyl groups excluding tert-OH is 1. The van der Waals surface area contributed by atoms with Crippen LogP contribution in [0.2, 0.25) is 0 Å². The quantitative estimate of drug-likeness (QED) is 0.781. The normalized spacial score (nSPS) is 36.2. The van der Waals surface area contributed by atoms with Crippen LogP contribution in [0.1, 0.15) is 52.4 Å². The minimum atomic E-state index is -0.0463. The first-order valence-electron chi connectivity index (χ1n) is 6.97. The molecule has 0 amide bonds. The lowest BCUT2D eigenvalue weighted by Gasteiger charge is -2.41. The molecule has 2 rings (SSSR count). The monoisotopic (exact) mass is 225 g/mol. The van der Waals surface area contributed by atoms with Crippen LogP contribution < -0.4 is 0 Å². The van der Waals surface area contributed by atoms with Crippen LogP contribution in [-0.2, 0) is 0 Å². The predicted octanol–water partition coefficient (Wildman–Crippen LogP) is 2.66. The van der Waals surface area contributed by atoms with Gasteiger partial charge in [0.05, 0.1) is 6.10 Å². The summed E-state index contributed by atoms with van der Waals surface area (Å²) >= 11 is 0. The van der Waals surface area contributed by atoms with Crippen LogP contribution in [0.25, 0.3) is 0 Å². The van der Waals surface area contributed by atoms with Gasteiger partial charge in [-0.3, -0.25) is 0 Å². The summed E-state index contributed by atoms with van der Waals surface area (Å²) in [7, 11) is 0. The Bertz CT molecular complexity index is 221. The number of piperidine rings is 1. The molecule has 1 heterocycles. The summed E-state index contributed by atoms with van der Waals surface area (Å²) in [5.74, 6) is 0.516. The highest BCUT2D eigenvalue weighted by Crippen LogP contribution is 2.39. The maximum absolute atomic E-state index is 10.1. The fourth-order valence-electron chi connectivity index (χ4n) is 3.38. The van der Waals surface area contributed by atoms with E-state index in [9.17, 15) is 5.11 Å². The Hall–Kier alpha value is -0.0800. The minimum absolute atomic E-state index is 0.0463. The number of aliphatic hydroxyl groups is 1. The number of hydrogen-bond donors (Lipinski definition) is 1. The number of likely N-dealkylation sites (tertiary alicyclic amines) is 1. The first-order chi connectivity index (χ1) is 7.57. The lowest BCUT2D eigenvalue weighted by Crippen LogP contribution is -2.42. The molecule has 1 aliphatic heterocycles. The molecule has 1 N–H and O–H groups in total. The summed E-state index contributed by atoms with van der Waals surface area (Å²) in [6.45, 7) is 8.34. The fraction of sp³-hybridized carbons (Fsp3) is 1.00. The summed E-state index contributed by atoms with van der Waals surface area (Å²) in [4.78, 5) is 2.57. The summed E-state index contributed by atoms with van der Waals surface area (Å²) in [5.41, 5.74) is 0.444. The molecule has 1 aliphatic carbocycles. The third kappa shape index (κ3) is 3.21. The molecule has 0 aromatic rings. The summed E-state index contributed by atoms with van der Waals surface area (Å²) in [6.07, 6.45) is 7.45. The second-order valence-corrected chi connectivity index (χ2v) is 6.60. The molecule has 16 heavy (non-hydrogen) atoms. The molecular weight excluding hydrogens is 198 g/mol. The van der Waals surface area contributed by atoms with Crippen LogP contribution in [0.4, 0.5) is 0 Å². The Labute approximate surface area is 100 Å². The molecule has 0 bridgehead atoms. The molecule has 2 atom stereocenters. The van der Waals surface area contributed by atoms with Gasteiger partial charge in [-0.2, -0.15) is 0 Å². The fourth-order valence-corrected chi connectivity index (χ4v) is 3.38. The van der Waals surface area contributed by atoms with Crippen molar-refractivity contribution in [2.75, 3.05) is 19.6 Å². The van der Waals surface area contributed by atoms with Crippen LogP contribution in [-0.4, -0.2) is 35.7 Å². The highest BCUT2D eigenvalue weighted by atomic mass is 16.3. The van der Waals surface area contributed by atoms with Gasteiger partial charge in [0.15, 0.2) is 0 Å². The average Bonchev–Trinajstić information content (AvgIpc) is 2.25. The van der Waals surface area contributed by atoms with Gasteiger partial charge in [0.2, 0.25) is 0 Å². The van der Waals surface area contributed by atoms with E-state index in [1.54, 1.807) is 0 Å². The lowest BCUT2D eigenvalue weighted by atomic mass is 9.70. The highest BCUT2D eigenvalue weighted by Gasteiger charge is 2.34. The van der Waals surface area contributed by atoms with Gasteiger partial charge in [0, 0.05) is 6.54 Å². The van der Waals surface area contributed by atoms with E-state index in [2.05, 4.69) is 18.7 Å². The number of nitrogens with zero attached hydrogens (tertiary/aromatic N) is 1. The van der Waals surface area contributed by atoms with Gasteiger partial charge in [-0.25, -0.2) is 0 Å². The molecule has 0 aromatic heterocycles. The van der Waals surface area contributed by atoms with E-state index in [-0.39, 0.29) is 6.10 Å². The summed E-state index contributed by atoms with van der Waals surface area (Å²) < 4.78 is 0. The van der Waals surface area contributed by atoms with Gasteiger partial charge in [0.25, 0.3) is 0 Å². The highest BCUT2D eigenvalue weighted by molar-refractivity contribution is 4.86.